The second-order valence-electron chi connectivity index (χ2n) is 1.61. The third-order valence-corrected chi connectivity index (χ3v) is 2.42. The van der Waals surface area contributed by atoms with Crippen LogP contribution >= 0.6 is 23.5 Å². The fraction of sp³-hybridized carbons (Fsp3) is 0.750. The summed E-state index contributed by atoms with van der Waals surface area (Å²) in [6.07, 6.45) is 0. The summed E-state index contributed by atoms with van der Waals surface area (Å²) in [6, 6.07) is 0. The highest BCUT2D eigenvalue weighted by Gasteiger charge is 2.13. The lowest BCUT2D eigenvalue weighted by atomic mass is 10.2. The van der Waals surface area contributed by atoms with Gasteiger partial charge in [-0.15, -0.1) is 0 Å². The fourth-order valence-corrected chi connectivity index (χ4v) is 1.44. The molecule has 0 spiro atoms. The van der Waals surface area contributed by atoms with E-state index in [0.29, 0.717) is 5.92 Å². The first-order chi connectivity index (χ1) is 3.30. The van der Waals surface area contributed by atoms with Crippen LogP contribution in [0.2, 0.25) is 0 Å². The van der Waals surface area contributed by atoms with E-state index in [1.54, 1.807) is 11.9 Å². The lowest BCUT2D eigenvalue weighted by molar-refractivity contribution is 0.933. The third-order valence-electron chi connectivity index (χ3n) is 0.883. The van der Waals surface area contributed by atoms with Crippen LogP contribution in [-0.4, -0.2) is 10.9 Å². The van der Waals surface area contributed by atoms with Crippen molar-refractivity contribution in [2.45, 2.75) is 6.92 Å². The first kappa shape index (κ1) is 5.45. The standard InChI is InChI=1S/C4H6ClNS/c1-3-2-7-6-4(3)5/h3H,2H2,1H3. The quantitative estimate of drug-likeness (QED) is 0.463. The molecule has 0 aromatic rings. The summed E-state index contributed by atoms with van der Waals surface area (Å²) in [5.74, 6) is 1.55. The maximum Gasteiger partial charge on any atom is 0.118 e. The van der Waals surface area contributed by atoms with Gasteiger partial charge in [0.2, 0.25) is 0 Å². The van der Waals surface area contributed by atoms with E-state index in [-0.39, 0.29) is 0 Å². The monoisotopic (exact) mass is 135 g/mol. The minimum atomic E-state index is 0.492. The van der Waals surface area contributed by atoms with Crippen molar-refractivity contribution in [3.8, 4) is 0 Å². The van der Waals surface area contributed by atoms with Crippen molar-refractivity contribution >= 4 is 28.7 Å². The van der Waals surface area contributed by atoms with Gasteiger partial charge in [-0.3, -0.25) is 0 Å². The van der Waals surface area contributed by atoms with Crippen LogP contribution in [0.4, 0.5) is 0 Å². The highest BCUT2D eigenvalue weighted by molar-refractivity contribution is 7.98. The van der Waals surface area contributed by atoms with Gasteiger partial charge in [0.1, 0.15) is 5.17 Å². The van der Waals surface area contributed by atoms with Crippen molar-refractivity contribution in [3.05, 3.63) is 0 Å². The summed E-state index contributed by atoms with van der Waals surface area (Å²) in [7, 11) is 0. The van der Waals surface area contributed by atoms with Crippen molar-refractivity contribution in [1.82, 2.24) is 0 Å². The molecule has 0 aliphatic carbocycles. The van der Waals surface area contributed by atoms with Gasteiger partial charge in [0, 0.05) is 11.7 Å². The van der Waals surface area contributed by atoms with Gasteiger partial charge in [-0.25, -0.2) is 4.40 Å². The zero-order valence-electron chi connectivity index (χ0n) is 4.02. The van der Waals surface area contributed by atoms with Crippen molar-refractivity contribution in [2.24, 2.45) is 10.3 Å². The molecule has 1 aliphatic rings. The molecule has 0 bridgehead atoms. The molecule has 0 saturated heterocycles. The number of hydrogen-bond acceptors (Lipinski definition) is 2. The van der Waals surface area contributed by atoms with E-state index in [9.17, 15) is 0 Å². The summed E-state index contributed by atoms with van der Waals surface area (Å²) < 4.78 is 3.92. The molecular weight excluding hydrogens is 130 g/mol. The molecule has 0 aromatic carbocycles. The maximum atomic E-state index is 5.59. The SMILES string of the molecule is CC1CSN=C1Cl. The maximum absolute atomic E-state index is 5.59. The second-order valence-corrected chi connectivity index (χ2v) is 2.77. The molecule has 7 heavy (non-hydrogen) atoms. The number of nitrogens with zero attached hydrogens (tertiary/aromatic N) is 1. The summed E-state index contributed by atoms with van der Waals surface area (Å²) in [6.45, 7) is 2.08. The van der Waals surface area contributed by atoms with Crippen LogP contribution in [0, 0.1) is 5.92 Å². The molecule has 1 aliphatic heterocycles. The molecule has 1 rings (SSSR count). The second kappa shape index (κ2) is 2.05. The van der Waals surface area contributed by atoms with Gasteiger partial charge >= 0.3 is 0 Å². The molecule has 0 radical (unpaired) electrons. The van der Waals surface area contributed by atoms with E-state index in [0.717, 1.165) is 10.9 Å². The molecule has 0 saturated carbocycles. The summed E-state index contributed by atoms with van der Waals surface area (Å²) in [5.41, 5.74) is 0. The lowest BCUT2D eigenvalue weighted by Gasteiger charge is -1.91. The normalized spacial score (nSPS) is 30.6. The molecule has 3 heteroatoms. The molecular formula is C4H6ClNS. The first-order valence-electron chi connectivity index (χ1n) is 2.16. The van der Waals surface area contributed by atoms with Crippen LogP contribution in [0.1, 0.15) is 6.92 Å². The van der Waals surface area contributed by atoms with Crippen molar-refractivity contribution in [3.63, 3.8) is 0 Å². The molecule has 1 heterocycles. The van der Waals surface area contributed by atoms with Gasteiger partial charge in [-0.05, 0) is 11.9 Å². The Morgan fingerprint density at radius 1 is 2.00 bits per heavy atom. The Morgan fingerprint density at radius 3 is 2.86 bits per heavy atom. The van der Waals surface area contributed by atoms with E-state index < -0.39 is 0 Å². The van der Waals surface area contributed by atoms with Gasteiger partial charge in [-0.2, -0.15) is 0 Å². The van der Waals surface area contributed by atoms with Crippen LogP contribution in [0.5, 0.6) is 0 Å². The van der Waals surface area contributed by atoms with Crippen molar-refractivity contribution in [2.75, 3.05) is 5.75 Å². The highest BCUT2D eigenvalue weighted by Crippen LogP contribution is 2.22. The smallest absolute Gasteiger partial charge is 0.118 e. The number of halogens is 1. The van der Waals surface area contributed by atoms with Gasteiger partial charge in [0.25, 0.3) is 0 Å². The van der Waals surface area contributed by atoms with E-state index in [2.05, 4.69) is 11.3 Å². The predicted molar refractivity (Wildman–Crippen MR) is 34.9 cm³/mol. The predicted octanol–water partition coefficient (Wildman–Crippen LogP) is 1.92. The average Bonchev–Trinajstić information content (AvgIpc) is 1.91. The Kier molecular flexibility index (Phi) is 1.60. The molecule has 40 valence electrons. The largest absolute Gasteiger partial charge is 0.209 e. The molecule has 0 fully saturated rings. The highest BCUT2D eigenvalue weighted by atomic mass is 35.5. The molecule has 1 unspecified atom stereocenters. The lowest BCUT2D eigenvalue weighted by Crippen LogP contribution is -1.98. The van der Waals surface area contributed by atoms with Gasteiger partial charge < -0.3 is 0 Å². The van der Waals surface area contributed by atoms with Crippen molar-refractivity contribution < 1.29 is 0 Å². The zero-order chi connectivity index (χ0) is 5.28. The molecule has 1 atom stereocenters. The van der Waals surface area contributed by atoms with E-state index in [4.69, 9.17) is 11.6 Å². The van der Waals surface area contributed by atoms with Crippen LogP contribution < -0.4 is 0 Å². The molecule has 1 nitrogen and oxygen atoms in total. The minimum Gasteiger partial charge on any atom is -0.209 e. The Hall–Kier alpha value is 0.310. The van der Waals surface area contributed by atoms with Crippen LogP contribution in [0.25, 0.3) is 0 Å². The van der Waals surface area contributed by atoms with Crippen LogP contribution in [0.15, 0.2) is 4.40 Å². The van der Waals surface area contributed by atoms with E-state index >= 15 is 0 Å². The molecule has 0 amide bonds. The van der Waals surface area contributed by atoms with Gasteiger partial charge in [0.05, 0.1) is 0 Å². The van der Waals surface area contributed by atoms with Crippen LogP contribution in [0.3, 0.4) is 0 Å². The molecule has 0 N–H and O–H groups in total. The number of hydrogen-bond donors (Lipinski definition) is 0. The fourth-order valence-electron chi connectivity index (χ4n) is 0.369. The summed E-state index contributed by atoms with van der Waals surface area (Å²) in [4.78, 5) is 0. The average molecular weight is 136 g/mol. The molecule has 0 aromatic heterocycles. The van der Waals surface area contributed by atoms with Gasteiger partial charge in [0.15, 0.2) is 0 Å². The Labute approximate surface area is 52.3 Å². The summed E-state index contributed by atoms with van der Waals surface area (Å²) in [5, 5.41) is 0.769. The Morgan fingerprint density at radius 2 is 2.71 bits per heavy atom. The first-order valence-corrected chi connectivity index (χ1v) is 3.48. The Bertz CT molecular complexity index is 102. The number of rotatable bonds is 0. The van der Waals surface area contributed by atoms with Crippen molar-refractivity contribution in [1.29, 1.82) is 0 Å². The van der Waals surface area contributed by atoms with Gasteiger partial charge in [-0.1, -0.05) is 18.5 Å². The van der Waals surface area contributed by atoms with Crippen LogP contribution in [-0.2, 0) is 0 Å². The minimum absolute atomic E-state index is 0.492. The van der Waals surface area contributed by atoms with E-state index in [1.807, 2.05) is 0 Å². The zero-order valence-corrected chi connectivity index (χ0v) is 5.59. The van der Waals surface area contributed by atoms with E-state index in [1.165, 1.54) is 0 Å². The third kappa shape index (κ3) is 1.10. The summed E-state index contributed by atoms with van der Waals surface area (Å²) >= 11 is 7.14. The topological polar surface area (TPSA) is 12.4 Å². The Balaban J connectivity index is 2.54.